The molecule has 0 bridgehead atoms. The number of hydrogen-bond donors (Lipinski definition) is 1. The Morgan fingerprint density at radius 1 is 1.56 bits per heavy atom. The molecular formula is C11H12BrFO3. The van der Waals surface area contributed by atoms with E-state index in [0.717, 1.165) is 0 Å². The SMILES string of the molecule is COC(=O)C(O)c1c(C)c(C)cc(F)c1Br. The maximum absolute atomic E-state index is 13.4. The zero-order chi connectivity index (χ0) is 12.5. The van der Waals surface area contributed by atoms with Gasteiger partial charge in [-0.15, -0.1) is 0 Å². The van der Waals surface area contributed by atoms with E-state index in [4.69, 9.17) is 0 Å². The van der Waals surface area contributed by atoms with Crippen molar-refractivity contribution in [2.24, 2.45) is 0 Å². The predicted molar refractivity (Wildman–Crippen MR) is 60.5 cm³/mol. The lowest BCUT2D eigenvalue weighted by atomic mass is 9.99. The first-order valence-electron chi connectivity index (χ1n) is 4.61. The van der Waals surface area contributed by atoms with Gasteiger partial charge in [0, 0.05) is 5.56 Å². The number of methoxy groups -OCH3 is 1. The maximum atomic E-state index is 13.4. The van der Waals surface area contributed by atoms with Crippen molar-refractivity contribution in [3.05, 3.63) is 33.0 Å². The highest BCUT2D eigenvalue weighted by Crippen LogP contribution is 2.32. The highest BCUT2D eigenvalue weighted by atomic mass is 79.9. The van der Waals surface area contributed by atoms with Crippen LogP contribution in [-0.2, 0) is 9.53 Å². The summed E-state index contributed by atoms with van der Waals surface area (Å²) >= 11 is 3.02. The minimum atomic E-state index is -1.48. The number of carbonyl (C=O) groups excluding carboxylic acids is 1. The maximum Gasteiger partial charge on any atom is 0.339 e. The standard InChI is InChI=1S/C11H12BrFO3/c1-5-4-7(13)9(12)8(6(5)2)10(14)11(15)16-3/h4,10,14H,1-3H3. The molecule has 0 saturated heterocycles. The summed E-state index contributed by atoms with van der Waals surface area (Å²) in [6, 6.07) is 1.34. The minimum absolute atomic E-state index is 0.0912. The summed E-state index contributed by atoms with van der Waals surface area (Å²) in [5.74, 6) is -1.32. The Kier molecular flexibility index (Phi) is 4.04. The smallest absolute Gasteiger partial charge is 0.339 e. The molecule has 5 heteroatoms. The van der Waals surface area contributed by atoms with E-state index in [-0.39, 0.29) is 10.0 Å². The molecule has 16 heavy (non-hydrogen) atoms. The third-order valence-electron chi connectivity index (χ3n) is 2.48. The number of benzene rings is 1. The number of halogens is 2. The summed E-state index contributed by atoms with van der Waals surface area (Å²) in [6.07, 6.45) is -1.48. The highest BCUT2D eigenvalue weighted by Gasteiger charge is 2.25. The average Bonchev–Trinajstić information content (AvgIpc) is 2.25. The second-order valence-electron chi connectivity index (χ2n) is 3.45. The molecule has 1 unspecified atom stereocenters. The number of ether oxygens (including phenoxy) is 1. The van der Waals surface area contributed by atoms with Gasteiger partial charge in [-0.05, 0) is 47.0 Å². The summed E-state index contributed by atoms with van der Waals surface area (Å²) in [6.45, 7) is 3.42. The number of aliphatic hydroxyl groups excluding tert-OH is 1. The molecule has 0 spiro atoms. The van der Waals surface area contributed by atoms with E-state index in [1.54, 1.807) is 13.8 Å². The van der Waals surface area contributed by atoms with Crippen molar-refractivity contribution in [3.8, 4) is 0 Å². The van der Waals surface area contributed by atoms with Crippen molar-refractivity contribution in [2.45, 2.75) is 20.0 Å². The summed E-state index contributed by atoms with van der Waals surface area (Å²) in [5.41, 5.74) is 1.54. The fraction of sp³-hybridized carbons (Fsp3) is 0.364. The number of hydrogen-bond acceptors (Lipinski definition) is 3. The van der Waals surface area contributed by atoms with Crippen LogP contribution >= 0.6 is 15.9 Å². The topological polar surface area (TPSA) is 46.5 Å². The minimum Gasteiger partial charge on any atom is -0.467 e. The zero-order valence-electron chi connectivity index (χ0n) is 9.17. The van der Waals surface area contributed by atoms with Gasteiger partial charge in [-0.1, -0.05) is 0 Å². The van der Waals surface area contributed by atoms with Crippen LogP contribution in [0.3, 0.4) is 0 Å². The number of aliphatic hydroxyl groups is 1. The van der Waals surface area contributed by atoms with Gasteiger partial charge in [0.1, 0.15) is 5.82 Å². The lowest BCUT2D eigenvalue weighted by Crippen LogP contribution is -2.16. The quantitative estimate of drug-likeness (QED) is 0.851. The van der Waals surface area contributed by atoms with Gasteiger partial charge in [-0.2, -0.15) is 0 Å². The molecule has 1 N–H and O–H groups in total. The van der Waals surface area contributed by atoms with Gasteiger partial charge in [0.15, 0.2) is 6.10 Å². The molecule has 0 heterocycles. The van der Waals surface area contributed by atoms with Crippen molar-refractivity contribution in [1.82, 2.24) is 0 Å². The first-order valence-corrected chi connectivity index (χ1v) is 5.40. The van der Waals surface area contributed by atoms with Crippen LogP contribution in [0.5, 0.6) is 0 Å². The Hall–Kier alpha value is -0.940. The lowest BCUT2D eigenvalue weighted by molar-refractivity contribution is -0.150. The van der Waals surface area contributed by atoms with Crippen LogP contribution in [0.2, 0.25) is 0 Å². The van der Waals surface area contributed by atoms with Crippen molar-refractivity contribution >= 4 is 21.9 Å². The second-order valence-corrected chi connectivity index (χ2v) is 4.25. The first-order chi connectivity index (χ1) is 7.40. The summed E-state index contributed by atoms with van der Waals surface area (Å²) in [5, 5.41) is 9.73. The van der Waals surface area contributed by atoms with Crippen LogP contribution in [0.4, 0.5) is 4.39 Å². The third kappa shape index (κ3) is 2.25. The lowest BCUT2D eigenvalue weighted by Gasteiger charge is -2.16. The van der Waals surface area contributed by atoms with E-state index < -0.39 is 17.9 Å². The molecule has 0 aliphatic rings. The summed E-state index contributed by atoms with van der Waals surface area (Å²) < 4.78 is 18.0. The molecule has 0 radical (unpaired) electrons. The van der Waals surface area contributed by atoms with Crippen molar-refractivity contribution in [2.75, 3.05) is 7.11 Å². The van der Waals surface area contributed by atoms with Crippen molar-refractivity contribution in [1.29, 1.82) is 0 Å². The Morgan fingerprint density at radius 3 is 2.62 bits per heavy atom. The fourth-order valence-electron chi connectivity index (χ4n) is 1.42. The van der Waals surface area contributed by atoms with Crippen LogP contribution in [0, 0.1) is 19.7 Å². The molecule has 1 atom stereocenters. The second kappa shape index (κ2) is 4.93. The Labute approximate surface area is 101 Å². The summed E-state index contributed by atoms with van der Waals surface area (Å²) in [4.78, 5) is 11.2. The first kappa shape index (κ1) is 13.1. The van der Waals surface area contributed by atoms with E-state index in [0.29, 0.717) is 11.1 Å². The van der Waals surface area contributed by atoms with E-state index in [1.807, 2.05) is 0 Å². The molecule has 1 aromatic rings. The van der Waals surface area contributed by atoms with Crippen LogP contribution in [0.1, 0.15) is 22.8 Å². The van der Waals surface area contributed by atoms with Crippen LogP contribution in [0.25, 0.3) is 0 Å². The molecule has 0 aliphatic heterocycles. The molecule has 88 valence electrons. The van der Waals surface area contributed by atoms with E-state index in [2.05, 4.69) is 20.7 Å². The fourth-order valence-corrected chi connectivity index (χ4v) is 2.05. The Morgan fingerprint density at radius 2 is 2.12 bits per heavy atom. The third-order valence-corrected chi connectivity index (χ3v) is 3.29. The van der Waals surface area contributed by atoms with Gasteiger partial charge in [0.25, 0.3) is 0 Å². The van der Waals surface area contributed by atoms with Gasteiger partial charge in [0.2, 0.25) is 0 Å². The van der Waals surface area contributed by atoms with Crippen molar-refractivity contribution in [3.63, 3.8) is 0 Å². The molecule has 1 rings (SSSR count). The monoisotopic (exact) mass is 290 g/mol. The largest absolute Gasteiger partial charge is 0.467 e. The van der Waals surface area contributed by atoms with E-state index >= 15 is 0 Å². The molecule has 0 saturated carbocycles. The van der Waals surface area contributed by atoms with Gasteiger partial charge in [-0.3, -0.25) is 0 Å². The highest BCUT2D eigenvalue weighted by molar-refractivity contribution is 9.10. The van der Waals surface area contributed by atoms with Crippen LogP contribution in [-0.4, -0.2) is 18.2 Å². The Bertz CT molecular complexity index is 405. The average molecular weight is 291 g/mol. The zero-order valence-corrected chi connectivity index (χ0v) is 10.8. The number of aryl methyl sites for hydroxylation is 1. The molecule has 0 fully saturated rings. The number of esters is 1. The normalized spacial score (nSPS) is 12.4. The number of rotatable bonds is 2. The van der Waals surface area contributed by atoms with Crippen LogP contribution in [0.15, 0.2) is 10.5 Å². The van der Waals surface area contributed by atoms with Crippen LogP contribution < -0.4 is 0 Å². The summed E-state index contributed by atoms with van der Waals surface area (Å²) in [7, 11) is 1.17. The molecule has 3 nitrogen and oxygen atoms in total. The van der Waals surface area contributed by atoms with Crippen molar-refractivity contribution < 1.29 is 19.0 Å². The Balaban J connectivity index is 3.37. The molecule has 0 amide bonds. The van der Waals surface area contributed by atoms with Gasteiger partial charge >= 0.3 is 5.97 Å². The number of carbonyl (C=O) groups is 1. The molecular weight excluding hydrogens is 279 g/mol. The van der Waals surface area contributed by atoms with E-state index in [1.165, 1.54) is 13.2 Å². The van der Waals surface area contributed by atoms with Gasteiger partial charge in [-0.25, -0.2) is 9.18 Å². The molecule has 1 aromatic carbocycles. The molecule has 0 aromatic heterocycles. The molecule has 0 aliphatic carbocycles. The van der Waals surface area contributed by atoms with Gasteiger partial charge in [0.05, 0.1) is 11.6 Å². The van der Waals surface area contributed by atoms with E-state index in [9.17, 15) is 14.3 Å². The predicted octanol–water partition coefficient (Wildman–Crippen LogP) is 2.41. The van der Waals surface area contributed by atoms with Gasteiger partial charge < -0.3 is 9.84 Å².